The van der Waals surface area contributed by atoms with E-state index in [1.54, 1.807) is 36.5 Å². The fourth-order valence-electron chi connectivity index (χ4n) is 3.39. The first-order valence-electron chi connectivity index (χ1n) is 8.42. The quantitative estimate of drug-likeness (QED) is 0.782. The molecule has 1 atom stereocenters. The van der Waals surface area contributed by atoms with Gasteiger partial charge in [0.15, 0.2) is 0 Å². The average Bonchev–Trinajstić information content (AvgIpc) is 2.84. The second-order valence-electron chi connectivity index (χ2n) is 6.21. The lowest BCUT2D eigenvalue weighted by Crippen LogP contribution is -2.60. The lowest BCUT2D eigenvalue weighted by Gasteiger charge is -2.40. The number of carbonyl (C=O) groups excluding carboxylic acids is 2. The number of pyridine rings is 1. The van der Waals surface area contributed by atoms with E-state index >= 15 is 0 Å². The predicted octanol–water partition coefficient (Wildman–Crippen LogP) is 0.0867. The minimum absolute atomic E-state index is 0.0268. The molecule has 2 aliphatic heterocycles. The lowest BCUT2D eigenvalue weighted by molar-refractivity contribution is -0.142. The number of carbonyl (C=O) groups is 2. The molecular formula is C17H24N4O3. The number of hydrogen-bond donors (Lipinski definition) is 0. The highest BCUT2D eigenvalue weighted by Gasteiger charge is 2.38. The van der Waals surface area contributed by atoms with Crippen molar-refractivity contribution in [3.63, 3.8) is 0 Å². The van der Waals surface area contributed by atoms with E-state index in [1.165, 1.54) is 0 Å². The summed E-state index contributed by atoms with van der Waals surface area (Å²) in [5.41, 5.74) is 0.623. The predicted molar refractivity (Wildman–Crippen MR) is 88.6 cm³/mol. The molecule has 0 N–H and O–H groups in total. The molecule has 130 valence electrons. The number of amides is 2. The summed E-state index contributed by atoms with van der Waals surface area (Å²) >= 11 is 0. The number of ether oxygens (including phenoxy) is 1. The number of piperazine rings is 1. The van der Waals surface area contributed by atoms with Crippen LogP contribution in [0.25, 0.3) is 0 Å². The zero-order valence-corrected chi connectivity index (χ0v) is 14.1. The van der Waals surface area contributed by atoms with E-state index in [-0.39, 0.29) is 17.9 Å². The highest BCUT2D eigenvalue weighted by Crippen LogP contribution is 2.18. The van der Waals surface area contributed by atoms with Crippen LogP contribution in [-0.4, -0.2) is 90.5 Å². The SMILES string of the molecule is COCCN1CCN2CCCN(C(=O)c3ccncc3)CC2C1=O. The van der Waals surface area contributed by atoms with Crippen molar-refractivity contribution in [1.29, 1.82) is 0 Å². The van der Waals surface area contributed by atoms with E-state index in [4.69, 9.17) is 4.74 Å². The lowest BCUT2D eigenvalue weighted by atomic mass is 10.1. The van der Waals surface area contributed by atoms with E-state index < -0.39 is 0 Å². The van der Waals surface area contributed by atoms with Crippen LogP contribution < -0.4 is 0 Å². The molecule has 0 aromatic carbocycles. The molecule has 2 saturated heterocycles. The Balaban J connectivity index is 1.72. The number of hydrogen-bond acceptors (Lipinski definition) is 5. The molecule has 7 heteroatoms. The van der Waals surface area contributed by atoms with Crippen molar-refractivity contribution >= 4 is 11.8 Å². The molecular weight excluding hydrogens is 308 g/mol. The Kier molecular flexibility index (Phi) is 5.42. The van der Waals surface area contributed by atoms with E-state index in [9.17, 15) is 9.59 Å². The van der Waals surface area contributed by atoms with Gasteiger partial charge in [-0.2, -0.15) is 0 Å². The van der Waals surface area contributed by atoms with Crippen LogP contribution in [0.2, 0.25) is 0 Å². The first kappa shape index (κ1) is 16.9. The van der Waals surface area contributed by atoms with Gasteiger partial charge in [-0.25, -0.2) is 0 Å². The van der Waals surface area contributed by atoms with Gasteiger partial charge in [-0.1, -0.05) is 0 Å². The Morgan fingerprint density at radius 3 is 2.79 bits per heavy atom. The summed E-state index contributed by atoms with van der Waals surface area (Å²) in [6, 6.07) is 3.20. The molecule has 1 aromatic rings. The minimum atomic E-state index is -0.246. The van der Waals surface area contributed by atoms with Crippen molar-refractivity contribution in [2.24, 2.45) is 0 Å². The number of methoxy groups -OCH3 is 1. The van der Waals surface area contributed by atoms with E-state index in [2.05, 4.69) is 9.88 Å². The van der Waals surface area contributed by atoms with Gasteiger partial charge in [-0.05, 0) is 18.6 Å². The number of nitrogens with zero attached hydrogens (tertiary/aromatic N) is 4. The molecule has 1 aromatic heterocycles. The smallest absolute Gasteiger partial charge is 0.254 e. The molecule has 2 amide bonds. The van der Waals surface area contributed by atoms with Gasteiger partial charge in [0, 0.05) is 64.3 Å². The Labute approximate surface area is 142 Å². The van der Waals surface area contributed by atoms with Gasteiger partial charge in [0.1, 0.15) is 6.04 Å². The molecule has 2 fully saturated rings. The second-order valence-corrected chi connectivity index (χ2v) is 6.21. The topological polar surface area (TPSA) is 66.0 Å². The second kappa shape index (κ2) is 7.72. The summed E-state index contributed by atoms with van der Waals surface area (Å²) in [5, 5.41) is 0. The summed E-state index contributed by atoms with van der Waals surface area (Å²) in [7, 11) is 1.64. The summed E-state index contributed by atoms with van der Waals surface area (Å²) in [6.45, 7) is 4.72. The zero-order valence-electron chi connectivity index (χ0n) is 14.1. The molecule has 0 aliphatic carbocycles. The van der Waals surface area contributed by atoms with Crippen molar-refractivity contribution in [3.05, 3.63) is 30.1 Å². The van der Waals surface area contributed by atoms with Crippen LogP contribution in [0, 0.1) is 0 Å². The van der Waals surface area contributed by atoms with E-state index in [1.807, 2.05) is 4.90 Å². The highest BCUT2D eigenvalue weighted by molar-refractivity contribution is 5.94. The van der Waals surface area contributed by atoms with E-state index in [0.717, 1.165) is 26.1 Å². The highest BCUT2D eigenvalue weighted by atomic mass is 16.5. The minimum Gasteiger partial charge on any atom is -0.383 e. The molecule has 0 spiro atoms. The standard InChI is InChI=1S/C17H24N4O3/c1-24-12-11-20-10-9-19-7-2-8-21(13-15(19)17(20)23)16(22)14-3-5-18-6-4-14/h3-6,15H,2,7-13H2,1H3. The van der Waals surface area contributed by atoms with Gasteiger partial charge in [0.25, 0.3) is 5.91 Å². The van der Waals surface area contributed by atoms with Crippen LogP contribution in [-0.2, 0) is 9.53 Å². The van der Waals surface area contributed by atoms with Crippen LogP contribution in [0.15, 0.2) is 24.5 Å². The summed E-state index contributed by atoms with van der Waals surface area (Å²) < 4.78 is 5.09. The van der Waals surface area contributed by atoms with E-state index in [0.29, 0.717) is 31.8 Å². The van der Waals surface area contributed by atoms with Crippen LogP contribution in [0.1, 0.15) is 16.8 Å². The van der Waals surface area contributed by atoms with Gasteiger partial charge in [-0.3, -0.25) is 19.5 Å². The maximum absolute atomic E-state index is 12.8. The van der Waals surface area contributed by atoms with Gasteiger partial charge < -0.3 is 14.5 Å². The number of fused-ring (bicyclic) bond motifs is 1. The normalized spacial score (nSPS) is 22.2. The fourth-order valence-corrected chi connectivity index (χ4v) is 3.39. The Hall–Kier alpha value is -1.99. The summed E-state index contributed by atoms with van der Waals surface area (Å²) in [4.78, 5) is 35.4. The Morgan fingerprint density at radius 1 is 1.25 bits per heavy atom. The zero-order chi connectivity index (χ0) is 16.9. The third-order valence-electron chi connectivity index (χ3n) is 4.74. The Morgan fingerprint density at radius 2 is 2.04 bits per heavy atom. The number of aromatic nitrogens is 1. The van der Waals surface area contributed by atoms with Gasteiger partial charge in [-0.15, -0.1) is 0 Å². The molecule has 3 heterocycles. The third-order valence-corrected chi connectivity index (χ3v) is 4.74. The van der Waals surface area contributed by atoms with Crippen molar-refractivity contribution in [2.75, 3.05) is 53.0 Å². The van der Waals surface area contributed by atoms with Gasteiger partial charge >= 0.3 is 0 Å². The molecule has 0 saturated carbocycles. The average molecular weight is 332 g/mol. The van der Waals surface area contributed by atoms with Crippen molar-refractivity contribution in [3.8, 4) is 0 Å². The maximum atomic E-state index is 12.8. The molecule has 0 radical (unpaired) electrons. The van der Waals surface area contributed by atoms with Crippen LogP contribution in [0.5, 0.6) is 0 Å². The van der Waals surface area contributed by atoms with Gasteiger partial charge in [0.05, 0.1) is 6.61 Å². The molecule has 1 unspecified atom stereocenters. The Bertz CT molecular complexity index is 580. The first-order chi connectivity index (χ1) is 11.7. The molecule has 0 bridgehead atoms. The van der Waals surface area contributed by atoms with Crippen LogP contribution in [0.4, 0.5) is 0 Å². The van der Waals surface area contributed by atoms with Crippen molar-refractivity contribution in [2.45, 2.75) is 12.5 Å². The van der Waals surface area contributed by atoms with Crippen LogP contribution in [0.3, 0.4) is 0 Å². The molecule has 7 nitrogen and oxygen atoms in total. The van der Waals surface area contributed by atoms with Crippen molar-refractivity contribution < 1.29 is 14.3 Å². The summed E-state index contributed by atoms with van der Waals surface area (Å²) in [6.07, 6.45) is 4.13. The summed E-state index contributed by atoms with van der Waals surface area (Å²) in [5.74, 6) is 0.0776. The molecule has 2 aliphatic rings. The fraction of sp³-hybridized carbons (Fsp3) is 0.588. The first-order valence-corrected chi connectivity index (χ1v) is 8.42. The third kappa shape index (κ3) is 3.57. The van der Waals surface area contributed by atoms with Crippen LogP contribution >= 0.6 is 0 Å². The monoisotopic (exact) mass is 332 g/mol. The molecule has 3 rings (SSSR count). The maximum Gasteiger partial charge on any atom is 0.254 e. The van der Waals surface area contributed by atoms with Gasteiger partial charge in [0.2, 0.25) is 5.91 Å². The largest absolute Gasteiger partial charge is 0.383 e. The molecule has 24 heavy (non-hydrogen) atoms. The number of rotatable bonds is 4. The van der Waals surface area contributed by atoms with Crippen molar-refractivity contribution in [1.82, 2.24) is 19.7 Å².